The van der Waals surface area contributed by atoms with Gasteiger partial charge in [-0.2, -0.15) is 0 Å². The van der Waals surface area contributed by atoms with Crippen molar-refractivity contribution in [2.75, 3.05) is 13.1 Å². The average molecular weight is 212 g/mol. The molecule has 1 rings (SSSR count). The predicted molar refractivity (Wildman–Crippen MR) is 67.2 cm³/mol. The van der Waals surface area contributed by atoms with Crippen LogP contribution in [0.5, 0.6) is 0 Å². The normalized spacial score (nSPS) is 26.2. The van der Waals surface area contributed by atoms with E-state index in [0.29, 0.717) is 23.5 Å². The van der Waals surface area contributed by atoms with Crippen LogP contribution in [0, 0.1) is 5.41 Å². The van der Waals surface area contributed by atoms with Crippen LogP contribution in [-0.2, 0) is 0 Å². The van der Waals surface area contributed by atoms with Gasteiger partial charge in [0.15, 0.2) is 0 Å². The van der Waals surface area contributed by atoms with Gasteiger partial charge in [-0.25, -0.2) is 0 Å². The molecule has 1 heterocycles. The Morgan fingerprint density at radius 1 is 1.20 bits per heavy atom. The molecule has 1 saturated heterocycles. The highest BCUT2D eigenvalue weighted by Gasteiger charge is 2.31. The molecule has 90 valence electrons. The second kappa shape index (κ2) is 4.84. The summed E-state index contributed by atoms with van der Waals surface area (Å²) < 4.78 is 0. The van der Waals surface area contributed by atoms with Crippen LogP contribution in [0.15, 0.2) is 0 Å². The largest absolute Gasteiger partial charge is 0.310 e. The van der Waals surface area contributed by atoms with Crippen LogP contribution in [0.25, 0.3) is 0 Å². The molecule has 0 aliphatic carbocycles. The third-order valence-electron chi connectivity index (χ3n) is 3.59. The smallest absolute Gasteiger partial charge is 0.0209 e. The summed E-state index contributed by atoms with van der Waals surface area (Å²) in [6.45, 7) is 16.3. The van der Waals surface area contributed by atoms with Crippen molar-refractivity contribution in [3.8, 4) is 0 Å². The van der Waals surface area contributed by atoms with Crippen molar-refractivity contribution in [2.45, 2.75) is 66.1 Å². The fourth-order valence-corrected chi connectivity index (χ4v) is 2.29. The first-order valence-corrected chi connectivity index (χ1v) is 6.31. The molecule has 0 aromatic rings. The lowest BCUT2D eigenvalue weighted by Crippen LogP contribution is -2.43. The van der Waals surface area contributed by atoms with Crippen LogP contribution in [0.3, 0.4) is 0 Å². The van der Waals surface area contributed by atoms with E-state index >= 15 is 0 Å². The van der Waals surface area contributed by atoms with Gasteiger partial charge in [0.25, 0.3) is 0 Å². The van der Waals surface area contributed by atoms with Crippen molar-refractivity contribution >= 4 is 0 Å². The lowest BCUT2D eigenvalue weighted by Gasteiger charge is -2.35. The van der Waals surface area contributed by atoms with Gasteiger partial charge in [0.05, 0.1) is 0 Å². The van der Waals surface area contributed by atoms with Crippen LogP contribution in [0.2, 0.25) is 0 Å². The van der Waals surface area contributed by atoms with Gasteiger partial charge in [-0.15, -0.1) is 0 Å². The summed E-state index contributed by atoms with van der Waals surface area (Å²) >= 11 is 0. The fraction of sp³-hybridized carbons (Fsp3) is 1.00. The van der Waals surface area contributed by atoms with Gasteiger partial charge >= 0.3 is 0 Å². The molecule has 0 amide bonds. The standard InChI is InChI=1S/C13H28N2/c1-10(2)14-12-7-8-15(9-12)11(3)13(4,5)6/h10-12,14H,7-9H2,1-6H3. The fourth-order valence-electron chi connectivity index (χ4n) is 2.29. The van der Waals surface area contributed by atoms with Crippen molar-refractivity contribution in [2.24, 2.45) is 5.41 Å². The molecule has 2 unspecified atom stereocenters. The Bertz CT molecular complexity index is 193. The maximum absolute atomic E-state index is 3.64. The quantitative estimate of drug-likeness (QED) is 0.773. The molecule has 1 fully saturated rings. The summed E-state index contributed by atoms with van der Waals surface area (Å²) in [5.74, 6) is 0. The first kappa shape index (κ1) is 13.0. The van der Waals surface area contributed by atoms with E-state index in [2.05, 4.69) is 51.8 Å². The summed E-state index contributed by atoms with van der Waals surface area (Å²) in [5.41, 5.74) is 0.396. The van der Waals surface area contributed by atoms with Gasteiger partial charge in [-0.05, 0) is 18.8 Å². The minimum atomic E-state index is 0.396. The minimum Gasteiger partial charge on any atom is -0.310 e. The van der Waals surface area contributed by atoms with E-state index in [1.807, 2.05) is 0 Å². The summed E-state index contributed by atoms with van der Waals surface area (Å²) in [4.78, 5) is 2.63. The highest BCUT2D eigenvalue weighted by molar-refractivity contribution is 4.88. The highest BCUT2D eigenvalue weighted by Crippen LogP contribution is 2.26. The van der Waals surface area contributed by atoms with Crippen molar-refractivity contribution in [1.29, 1.82) is 0 Å². The lowest BCUT2D eigenvalue weighted by molar-refractivity contribution is 0.137. The zero-order valence-electron chi connectivity index (χ0n) is 11.3. The molecule has 0 bridgehead atoms. The first-order chi connectivity index (χ1) is 6.80. The molecule has 1 N–H and O–H groups in total. The number of nitrogens with one attached hydrogen (secondary N) is 1. The molecular weight excluding hydrogens is 184 g/mol. The molecule has 2 atom stereocenters. The number of likely N-dealkylation sites (tertiary alicyclic amines) is 1. The summed E-state index contributed by atoms with van der Waals surface area (Å²) in [6.07, 6.45) is 1.30. The van der Waals surface area contributed by atoms with E-state index in [1.165, 1.54) is 19.5 Å². The summed E-state index contributed by atoms with van der Waals surface area (Å²) in [6, 6.07) is 1.99. The van der Waals surface area contributed by atoms with Crippen molar-refractivity contribution < 1.29 is 0 Å². The molecular formula is C13H28N2. The maximum atomic E-state index is 3.64. The predicted octanol–water partition coefficient (Wildman–Crippen LogP) is 2.49. The van der Waals surface area contributed by atoms with Crippen LogP contribution < -0.4 is 5.32 Å². The van der Waals surface area contributed by atoms with E-state index < -0.39 is 0 Å². The molecule has 1 aliphatic heterocycles. The molecule has 15 heavy (non-hydrogen) atoms. The third-order valence-corrected chi connectivity index (χ3v) is 3.59. The van der Waals surface area contributed by atoms with Gasteiger partial charge in [0.2, 0.25) is 0 Å². The Labute approximate surface area is 95.4 Å². The van der Waals surface area contributed by atoms with Gasteiger partial charge in [0, 0.05) is 31.2 Å². The molecule has 2 heteroatoms. The number of rotatable bonds is 3. The highest BCUT2D eigenvalue weighted by atomic mass is 15.2. The second-order valence-corrected chi connectivity index (χ2v) is 6.34. The monoisotopic (exact) mass is 212 g/mol. The Morgan fingerprint density at radius 2 is 1.80 bits per heavy atom. The molecule has 0 aromatic heterocycles. The van der Waals surface area contributed by atoms with Gasteiger partial charge < -0.3 is 5.32 Å². The zero-order valence-corrected chi connectivity index (χ0v) is 11.3. The van der Waals surface area contributed by atoms with Crippen molar-refractivity contribution in [3.05, 3.63) is 0 Å². The topological polar surface area (TPSA) is 15.3 Å². The van der Waals surface area contributed by atoms with Gasteiger partial charge in [0.1, 0.15) is 0 Å². The van der Waals surface area contributed by atoms with Crippen molar-refractivity contribution in [1.82, 2.24) is 10.2 Å². The summed E-state index contributed by atoms with van der Waals surface area (Å²) in [5, 5.41) is 3.64. The van der Waals surface area contributed by atoms with Crippen molar-refractivity contribution in [3.63, 3.8) is 0 Å². The molecule has 2 nitrogen and oxygen atoms in total. The molecule has 0 radical (unpaired) electrons. The van der Waals surface area contributed by atoms with Crippen LogP contribution >= 0.6 is 0 Å². The van der Waals surface area contributed by atoms with E-state index in [4.69, 9.17) is 0 Å². The Morgan fingerprint density at radius 3 is 2.27 bits per heavy atom. The molecule has 0 aromatic carbocycles. The lowest BCUT2D eigenvalue weighted by atomic mass is 9.87. The summed E-state index contributed by atoms with van der Waals surface area (Å²) in [7, 11) is 0. The first-order valence-electron chi connectivity index (χ1n) is 6.31. The van der Waals surface area contributed by atoms with E-state index in [1.54, 1.807) is 0 Å². The zero-order chi connectivity index (χ0) is 11.6. The van der Waals surface area contributed by atoms with Crippen LogP contribution in [0.4, 0.5) is 0 Å². The Hall–Kier alpha value is -0.0800. The SMILES string of the molecule is CC(C)NC1CCN(C(C)C(C)(C)C)C1. The molecule has 0 spiro atoms. The maximum Gasteiger partial charge on any atom is 0.0209 e. The molecule has 1 aliphatic rings. The van der Waals surface area contributed by atoms with Gasteiger partial charge in [-0.1, -0.05) is 34.6 Å². The molecule has 0 saturated carbocycles. The Kier molecular flexibility index (Phi) is 4.19. The van der Waals surface area contributed by atoms with E-state index in [-0.39, 0.29) is 0 Å². The van der Waals surface area contributed by atoms with E-state index in [9.17, 15) is 0 Å². The Balaban J connectivity index is 2.42. The van der Waals surface area contributed by atoms with Crippen LogP contribution in [-0.4, -0.2) is 36.1 Å². The number of nitrogens with zero attached hydrogens (tertiary/aromatic N) is 1. The third kappa shape index (κ3) is 3.76. The second-order valence-electron chi connectivity index (χ2n) is 6.34. The van der Waals surface area contributed by atoms with Gasteiger partial charge in [-0.3, -0.25) is 4.90 Å². The van der Waals surface area contributed by atoms with Crippen LogP contribution in [0.1, 0.15) is 48.0 Å². The van der Waals surface area contributed by atoms with E-state index in [0.717, 1.165) is 0 Å². The number of hydrogen-bond donors (Lipinski definition) is 1. The minimum absolute atomic E-state index is 0.396. The number of hydrogen-bond acceptors (Lipinski definition) is 2. The average Bonchev–Trinajstić information content (AvgIpc) is 2.48.